The maximum atomic E-state index is 6.19. The number of fused-ring (bicyclic) bond motifs is 1. The van der Waals surface area contributed by atoms with Gasteiger partial charge in [0.2, 0.25) is 0 Å². The average molecular weight is 252 g/mol. The highest BCUT2D eigenvalue weighted by molar-refractivity contribution is 5.86. The molecule has 0 fully saturated rings. The Hall–Kier alpha value is -1.80. The molecule has 2 heteroatoms. The highest BCUT2D eigenvalue weighted by Gasteiger charge is 2.11. The Morgan fingerprint density at radius 3 is 2.58 bits per heavy atom. The SMILES string of the molecule is CC1=CCN(Cc2cc3ccccc3cc2N)CC1. The van der Waals surface area contributed by atoms with Crippen molar-refractivity contribution < 1.29 is 0 Å². The van der Waals surface area contributed by atoms with Crippen molar-refractivity contribution in [3.05, 3.63) is 53.6 Å². The number of anilines is 1. The average Bonchev–Trinajstić information content (AvgIpc) is 2.42. The summed E-state index contributed by atoms with van der Waals surface area (Å²) < 4.78 is 0. The Balaban J connectivity index is 1.86. The Morgan fingerprint density at radius 1 is 1.16 bits per heavy atom. The van der Waals surface area contributed by atoms with Gasteiger partial charge in [-0.25, -0.2) is 0 Å². The third-order valence-electron chi connectivity index (χ3n) is 3.92. The molecular weight excluding hydrogens is 232 g/mol. The molecule has 0 aliphatic carbocycles. The van der Waals surface area contributed by atoms with Crippen LogP contribution in [0.3, 0.4) is 0 Å². The third kappa shape index (κ3) is 2.64. The number of hydrogen-bond donors (Lipinski definition) is 1. The quantitative estimate of drug-likeness (QED) is 0.654. The molecular formula is C17H20N2. The minimum atomic E-state index is 0.907. The van der Waals surface area contributed by atoms with E-state index in [-0.39, 0.29) is 0 Å². The van der Waals surface area contributed by atoms with E-state index in [0.29, 0.717) is 0 Å². The zero-order valence-electron chi connectivity index (χ0n) is 11.4. The molecule has 2 N–H and O–H groups in total. The molecule has 0 spiro atoms. The van der Waals surface area contributed by atoms with Crippen molar-refractivity contribution in [3.63, 3.8) is 0 Å². The number of nitrogens with two attached hydrogens (primary N) is 1. The summed E-state index contributed by atoms with van der Waals surface area (Å²) in [6.45, 7) is 5.33. The zero-order chi connectivity index (χ0) is 13.2. The van der Waals surface area contributed by atoms with E-state index >= 15 is 0 Å². The summed E-state index contributed by atoms with van der Waals surface area (Å²) in [4.78, 5) is 2.45. The number of nitrogen functional groups attached to an aromatic ring is 1. The van der Waals surface area contributed by atoms with Gasteiger partial charge in [0.1, 0.15) is 0 Å². The summed E-state index contributed by atoms with van der Waals surface area (Å²) in [6, 6.07) is 12.7. The van der Waals surface area contributed by atoms with E-state index in [1.165, 1.54) is 28.3 Å². The van der Waals surface area contributed by atoms with E-state index in [4.69, 9.17) is 5.73 Å². The van der Waals surface area contributed by atoms with E-state index in [9.17, 15) is 0 Å². The Kier molecular flexibility index (Phi) is 3.26. The van der Waals surface area contributed by atoms with Crippen LogP contribution in [0.25, 0.3) is 10.8 Å². The van der Waals surface area contributed by atoms with Crippen LogP contribution in [-0.4, -0.2) is 18.0 Å². The lowest BCUT2D eigenvalue weighted by atomic mass is 10.0. The number of benzene rings is 2. The Labute approximate surface area is 114 Å². The molecule has 1 heterocycles. The van der Waals surface area contributed by atoms with Crippen molar-refractivity contribution in [1.82, 2.24) is 4.90 Å². The van der Waals surface area contributed by atoms with Gasteiger partial charge in [0.15, 0.2) is 0 Å². The zero-order valence-corrected chi connectivity index (χ0v) is 11.4. The van der Waals surface area contributed by atoms with Crippen molar-refractivity contribution in [2.24, 2.45) is 0 Å². The van der Waals surface area contributed by atoms with E-state index < -0.39 is 0 Å². The molecule has 3 rings (SSSR count). The molecule has 0 bridgehead atoms. The minimum Gasteiger partial charge on any atom is -0.398 e. The number of nitrogens with zero attached hydrogens (tertiary/aromatic N) is 1. The lowest BCUT2D eigenvalue weighted by Crippen LogP contribution is -2.28. The molecule has 19 heavy (non-hydrogen) atoms. The first-order valence-electron chi connectivity index (χ1n) is 6.87. The van der Waals surface area contributed by atoms with Gasteiger partial charge in [0.25, 0.3) is 0 Å². The van der Waals surface area contributed by atoms with Crippen LogP contribution in [0.15, 0.2) is 48.0 Å². The fourth-order valence-electron chi connectivity index (χ4n) is 2.64. The smallest absolute Gasteiger partial charge is 0.0366 e. The maximum absolute atomic E-state index is 6.19. The summed E-state index contributed by atoms with van der Waals surface area (Å²) in [5.41, 5.74) is 9.84. The lowest BCUT2D eigenvalue weighted by Gasteiger charge is -2.26. The van der Waals surface area contributed by atoms with Gasteiger partial charge in [-0.3, -0.25) is 4.90 Å². The van der Waals surface area contributed by atoms with Gasteiger partial charge in [-0.05, 0) is 41.8 Å². The van der Waals surface area contributed by atoms with E-state index in [1.807, 2.05) is 0 Å². The molecule has 2 aromatic rings. The lowest BCUT2D eigenvalue weighted by molar-refractivity contribution is 0.286. The van der Waals surface area contributed by atoms with Crippen LogP contribution in [0.4, 0.5) is 5.69 Å². The van der Waals surface area contributed by atoms with Gasteiger partial charge in [-0.1, -0.05) is 35.9 Å². The van der Waals surface area contributed by atoms with Gasteiger partial charge in [0, 0.05) is 25.3 Å². The standard InChI is InChI=1S/C17H20N2/c1-13-6-8-19(9-7-13)12-16-10-14-4-2-3-5-15(14)11-17(16)18/h2-6,10-11H,7-9,12,18H2,1H3. The fourth-order valence-corrected chi connectivity index (χ4v) is 2.64. The van der Waals surface area contributed by atoms with Crippen LogP contribution in [0.1, 0.15) is 18.9 Å². The largest absolute Gasteiger partial charge is 0.398 e. The Morgan fingerprint density at radius 2 is 1.89 bits per heavy atom. The normalized spacial score (nSPS) is 16.6. The molecule has 1 aliphatic rings. The van der Waals surface area contributed by atoms with Crippen LogP contribution >= 0.6 is 0 Å². The second-order valence-electron chi connectivity index (χ2n) is 5.43. The van der Waals surface area contributed by atoms with Crippen LogP contribution in [0, 0.1) is 0 Å². The van der Waals surface area contributed by atoms with Crippen LogP contribution in [0.2, 0.25) is 0 Å². The van der Waals surface area contributed by atoms with E-state index in [1.54, 1.807) is 0 Å². The molecule has 0 atom stereocenters. The predicted molar refractivity (Wildman–Crippen MR) is 82.0 cm³/mol. The number of rotatable bonds is 2. The molecule has 0 radical (unpaired) electrons. The molecule has 2 aromatic carbocycles. The predicted octanol–water partition coefficient (Wildman–Crippen LogP) is 3.57. The molecule has 0 aromatic heterocycles. The van der Waals surface area contributed by atoms with Crippen molar-refractivity contribution in [2.45, 2.75) is 19.9 Å². The van der Waals surface area contributed by atoms with E-state index in [2.05, 4.69) is 54.3 Å². The van der Waals surface area contributed by atoms with Gasteiger partial charge in [-0.2, -0.15) is 0 Å². The monoisotopic (exact) mass is 252 g/mol. The summed E-state index contributed by atoms with van der Waals surface area (Å²) in [6.07, 6.45) is 3.49. The second kappa shape index (κ2) is 5.06. The molecule has 0 saturated carbocycles. The fraction of sp³-hybridized carbons (Fsp3) is 0.294. The number of hydrogen-bond acceptors (Lipinski definition) is 2. The van der Waals surface area contributed by atoms with Gasteiger partial charge < -0.3 is 5.73 Å². The first kappa shape index (κ1) is 12.2. The van der Waals surface area contributed by atoms with Crippen molar-refractivity contribution in [2.75, 3.05) is 18.8 Å². The highest BCUT2D eigenvalue weighted by atomic mass is 15.1. The van der Waals surface area contributed by atoms with Gasteiger partial charge in [-0.15, -0.1) is 0 Å². The summed E-state index contributed by atoms with van der Waals surface area (Å²) in [5, 5.41) is 2.49. The summed E-state index contributed by atoms with van der Waals surface area (Å²) >= 11 is 0. The molecule has 98 valence electrons. The maximum Gasteiger partial charge on any atom is 0.0366 e. The molecule has 0 saturated heterocycles. The first-order chi connectivity index (χ1) is 9.22. The minimum absolute atomic E-state index is 0.907. The van der Waals surface area contributed by atoms with Crippen LogP contribution in [-0.2, 0) is 6.54 Å². The molecule has 1 aliphatic heterocycles. The molecule has 0 amide bonds. The van der Waals surface area contributed by atoms with E-state index in [0.717, 1.165) is 25.3 Å². The van der Waals surface area contributed by atoms with Crippen LogP contribution in [0.5, 0.6) is 0 Å². The summed E-state index contributed by atoms with van der Waals surface area (Å²) in [7, 11) is 0. The van der Waals surface area contributed by atoms with Gasteiger partial charge in [0.05, 0.1) is 0 Å². The van der Waals surface area contributed by atoms with Crippen molar-refractivity contribution in [3.8, 4) is 0 Å². The topological polar surface area (TPSA) is 29.3 Å². The first-order valence-corrected chi connectivity index (χ1v) is 6.87. The molecule has 0 unspecified atom stereocenters. The second-order valence-corrected chi connectivity index (χ2v) is 5.43. The Bertz CT molecular complexity index is 628. The van der Waals surface area contributed by atoms with Crippen LogP contribution < -0.4 is 5.73 Å². The van der Waals surface area contributed by atoms with Gasteiger partial charge >= 0.3 is 0 Å². The summed E-state index contributed by atoms with van der Waals surface area (Å²) in [5.74, 6) is 0. The molecule has 2 nitrogen and oxygen atoms in total. The van der Waals surface area contributed by atoms with Crippen molar-refractivity contribution >= 4 is 16.5 Å². The third-order valence-corrected chi connectivity index (χ3v) is 3.92. The highest BCUT2D eigenvalue weighted by Crippen LogP contribution is 2.24. The van der Waals surface area contributed by atoms with Crippen molar-refractivity contribution in [1.29, 1.82) is 0 Å².